The zero-order valence-electron chi connectivity index (χ0n) is 59.3. The molecule has 0 aliphatic heterocycles. The molecule has 0 spiro atoms. The molecule has 0 aliphatic carbocycles. The van der Waals surface area contributed by atoms with Crippen LogP contribution in [0.4, 0.5) is 17.1 Å². The van der Waals surface area contributed by atoms with Gasteiger partial charge in [0.15, 0.2) is 0 Å². The quantitative estimate of drug-likeness (QED) is 0.167. The van der Waals surface area contributed by atoms with Crippen LogP contribution >= 0.6 is 0 Å². The van der Waals surface area contributed by atoms with Crippen LogP contribution in [-0.4, -0.2) is 0 Å². The fourth-order valence-corrected chi connectivity index (χ4v) is 7.95. The molecule has 0 bridgehead atoms. The van der Waals surface area contributed by atoms with E-state index in [0.29, 0.717) is 0 Å². The van der Waals surface area contributed by atoms with E-state index in [1.807, 2.05) is 0 Å². The molecule has 0 atom stereocenters. The summed E-state index contributed by atoms with van der Waals surface area (Å²) in [5.41, 5.74) is -5.11. The monoisotopic (exact) mass is 814 g/mol. The summed E-state index contributed by atoms with van der Waals surface area (Å²) in [4.78, 5) is 1.24. The maximum atomic E-state index is 10.2. The molecule has 2 aromatic heterocycles. The summed E-state index contributed by atoms with van der Waals surface area (Å²) in [5.74, 6) is 0. The van der Waals surface area contributed by atoms with Gasteiger partial charge in [0.2, 0.25) is 0 Å². The van der Waals surface area contributed by atoms with Crippen LogP contribution in [-0.2, 0) is 0 Å². The topological polar surface area (TPSA) is 29.5 Å². The minimum absolute atomic E-state index is 0.0269. The number of rotatable bonds is 6. The van der Waals surface area contributed by atoms with Crippen molar-refractivity contribution in [2.45, 2.75) is 41.5 Å². The van der Waals surface area contributed by atoms with E-state index in [0.717, 1.165) is 0 Å². The van der Waals surface area contributed by atoms with Gasteiger partial charge in [0, 0.05) is 43.6 Å². The Morgan fingerprint density at radius 3 is 1.84 bits per heavy atom. The van der Waals surface area contributed by atoms with E-state index in [1.54, 1.807) is 0 Å². The highest BCUT2D eigenvalue weighted by Crippen LogP contribution is 2.49. The Morgan fingerprint density at radius 2 is 1.07 bits per heavy atom. The number of anilines is 3. The lowest BCUT2D eigenvalue weighted by molar-refractivity contribution is 0.669. The van der Waals surface area contributed by atoms with E-state index < -0.39 is 184 Å². The Labute approximate surface area is 392 Å². The third-order valence-corrected chi connectivity index (χ3v) is 10.6. The second kappa shape index (κ2) is 14.1. The molecular weight excluding hydrogens is 743 g/mol. The van der Waals surface area contributed by atoms with Crippen LogP contribution in [0, 0.1) is 41.5 Å². The number of aryl methyl sites for hydroxylation is 1. The molecule has 0 unspecified atom stereocenters. The first kappa shape index (κ1) is 18.5. The summed E-state index contributed by atoms with van der Waals surface area (Å²) in [6.07, 6.45) is 0. The zero-order valence-corrected chi connectivity index (χ0v) is 33.3. The summed E-state index contributed by atoms with van der Waals surface area (Å²) in [5, 5.41) is -1.17. The first-order valence-corrected chi connectivity index (χ1v) is 19.1. The molecule has 9 aromatic carbocycles. The van der Waals surface area contributed by atoms with Gasteiger partial charge in [-0.15, -0.1) is 0 Å². The number of furan rings is 2. The standard InChI is InChI=1S/C58H45NO2/c1-34-23-25-45-46-21-14-20-44(57(46)60-53(45)27-34)42-24-26-51(37(4)28-42)59(56-38(5)29-43(30-39(56)6)40-16-9-7-10-17-40)52-33-50-49-32-48(41-18-11-8-12-19-41)36(3)31-54(49)61-58(50)47-22-13-15-35(2)55(47)52/h7-33H,1-6H3/i7D,8D,9D,10D,11D,12D,13D,14D,15D,16D,17D,18D,19D,20D,21D,22D,23D,24D,25D,26D,27D,28D,29D,30D,31D,32D. The summed E-state index contributed by atoms with van der Waals surface area (Å²) in [6, 6.07) is -15.5. The zero-order chi connectivity index (χ0) is 64.1. The lowest BCUT2D eigenvalue weighted by Gasteiger charge is -2.32. The highest BCUT2D eigenvalue weighted by Gasteiger charge is 2.26. The second-order valence-electron chi connectivity index (χ2n) is 14.6. The van der Waals surface area contributed by atoms with E-state index in [2.05, 4.69) is 0 Å². The Kier molecular flexibility index (Phi) is 4.29. The summed E-state index contributed by atoms with van der Waals surface area (Å²) < 4.78 is 250. The number of para-hydroxylation sites is 1. The van der Waals surface area contributed by atoms with Crippen molar-refractivity contribution in [2.75, 3.05) is 4.90 Å². The SMILES string of the molecule is [2H]c1c([2H])c([2H])c(-c2c([2H])c(C)c(N(c3c([2H])c([2H])c(-c4c([2H])c([2H])c([2H])c5c4oc4c([2H])c(C)c([2H])c([2H])c45)c([2H])c3C)c3cc4c(oc5c([2H])c(C)c(-c6c([2H])c([2H])c([2H])c([2H])c6[2H])c([2H])c54)c4c([2H])c([2H])c([2H])c(C)c34)c(C)c2[2H])c([2H])c1[2H]. The highest BCUT2D eigenvalue weighted by atomic mass is 16.3. The third kappa shape index (κ3) is 5.95. The van der Waals surface area contributed by atoms with Gasteiger partial charge in [-0.25, -0.2) is 0 Å². The van der Waals surface area contributed by atoms with Gasteiger partial charge in [0.05, 0.1) is 47.0 Å². The van der Waals surface area contributed by atoms with E-state index in [1.165, 1.54) is 52.5 Å². The number of hydrogen-bond acceptors (Lipinski definition) is 3. The average molecular weight is 814 g/mol. The van der Waals surface area contributed by atoms with Gasteiger partial charge in [-0.3, -0.25) is 0 Å². The summed E-state index contributed by atoms with van der Waals surface area (Å²) in [7, 11) is 0. The number of benzene rings is 9. The molecule has 3 heteroatoms. The summed E-state index contributed by atoms with van der Waals surface area (Å²) in [6.45, 7) is 8.35. The first-order valence-electron chi connectivity index (χ1n) is 32.1. The van der Waals surface area contributed by atoms with Crippen LogP contribution in [0.15, 0.2) is 172 Å². The molecule has 0 saturated heterocycles. The molecule has 0 fully saturated rings. The van der Waals surface area contributed by atoms with Crippen molar-refractivity contribution in [3.63, 3.8) is 0 Å². The molecule has 294 valence electrons. The molecule has 61 heavy (non-hydrogen) atoms. The van der Waals surface area contributed by atoms with Crippen LogP contribution in [0.3, 0.4) is 0 Å². The normalized spacial score (nSPS) is 17.7. The minimum atomic E-state index is -0.839. The van der Waals surface area contributed by atoms with Gasteiger partial charge in [0.25, 0.3) is 0 Å². The Bertz CT molecular complexity index is 4970. The summed E-state index contributed by atoms with van der Waals surface area (Å²) >= 11 is 0. The van der Waals surface area contributed by atoms with Gasteiger partial charge >= 0.3 is 0 Å². The lowest BCUT2D eigenvalue weighted by atomic mass is 9.93. The fraction of sp³-hybridized carbons (Fsp3) is 0.103. The predicted molar refractivity (Wildman–Crippen MR) is 258 cm³/mol. The van der Waals surface area contributed by atoms with E-state index in [9.17, 15) is 13.7 Å². The predicted octanol–water partition coefficient (Wildman–Crippen LogP) is 17.0. The fourth-order valence-electron chi connectivity index (χ4n) is 7.95. The second-order valence-corrected chi connectivity index (χ2v) is 14.6. The van der Waals surface area contributed by atoms with Crippen molar-refractivity contribution in [1.82, 2.24) is 0 Å². The molecule has 2 heterocycles. The van der Waals surface area contributed by atoms with E-state index >= 15 is 0 Å². The van der Waals surface area contributed by atoms with E-state index in [-0.39, 0.29) is 111 Å². The van der Waals surface area contributed by atoms with Gasteiger partial charge in [0.1, 0.15) is 22.3 Å². The third-order valence-electron chi connectivity index (χ3n) is 10.6. The van der Waals surface area contributed by atoms with Crippen LogP contribution in [0.25, 0.3) is 88.0 Å². The average Bonchev–Trinajstić information content (AvgIpc) is 1.69. The molecule has 11 aromatic rings. The largest absolute Gasteiger partial charge is 0.455 e. The Hall–Kier alpha value is -7.36. The number of hydrogen-bond donors (Lipinski definition) is 0. The number of fused-ring (bicyclic) bond motifs is 8. The van der Waals surface area contributed by atoms with Gasteiger partial charge in [-0.1, -0.05) is 115 Å². The molecule has 0 amide bonds. The van der Waals surface area contributed by atoms with Crippen molar-refractivity contribution < 1.29 is 44.5 Å². The maximum Gasteiger partial charge on any atom is 0.143 e. The van der Waals surface area contributed by atoms with Crippen LogP contribution < -0.4 is 4.90 Å². The molecule has 3 nitrogen and oxygen atoms in total. The molecular formula is C58H45NO2. The van der Waals surface area contributed by atoms with Crippen molar-refractivity contribution in [3.05, 3.63) is 197 Å². The van der Waals surface area contributed by atoms with Gasteiger partial charge in [-0.2, -0.15) is 0 Å². The minimum Gasteiger partial charge on any atom is -0.455 e. The van der Waals surface area contributed by atoms with Crippen molar-refractivity contribution in [2.24, 2.45) is 0 Å². The smallest absolute Gasteiger partial charge is 0.143 e. The van der Waals surface area contributed by atoms with Crippen LogP contribution in [0.1, 0.15) is 69.0 Å². The van der Waals surface area contributed by atoms with Crippen molar-refractivity contribution in [1.29, 1.82) is 0 Å². The Balaban J connectivity index is 1.36. The molecule has 0 radical (unpaired) electrons. The van der Waals surface area contributed by atoms with Crippen LogP contribution in [0.5, 0.6) is 0 Å². The highest BCUT2D eigenvalue weighted by molar-refractivity contribution is 6.21. The maximum absolute atomic E-state index is 10.2. The molecule has 0 aliphatic rings. The Morgan fingerprint density at radius 1 is 0.393 bits per heavy atom. The molecule has 0 saturated carbocycles. The molecule has 0 N–H and O–H groups in total. The van der Waals surface area contributed by atoms with Crippen molar-refractivity contribution >= 4 is 71.7 Å². The molecule has 11 rings (SSSR count). The van der Waals surface area contributed by atoms with Crippen molar-refractivity contribution in [3.8, 4) is 33.4 Å². The number of nitrogens with zero attached hydrogens (tertiary/aromatic N) is 1. The lowest BCUT2D eigenvalue weighted by Crippen LogP contribution is -2.15. The van der Waals surface area contributed by atoms with Crippen LogP contribution in [0.2, 0.25) is 0 Å². The van der Waals surface area contributed by atoms with E-state index in [4.69, 9.17) is 30.8 Å². The first-order chi connectivity index (χ1) is 40.6. The van der Waals surface area contributed by atoms with Gasteiger partial charge < -0.3 is 13.7 Å². The van der Waals surface area contributed by atoms with Gasteiger partial charge in [-0.05, 0) is 151 Å².